The van der Waals surface area contributed by atoms with E-state index in [2.05, 4.69) is 99.8 Å². The van der Waals surface area contributed by atoms with Gasteiger partial charge in [0.05, 0.1) is 0 Å². The molecule has 0 unspecified atom stereocenters. The van der Waals surface area contributed by atoms with Gasteiger partial charge in [-0.2, -0.15) is 0 Å². The fourth-order valence-corrected chi connectivity index (χ4v) is 5.32. The summed E-state index contributed by atoms with van der Waals surface area (Å²) in [4.78, 5) is 0. The van der Waals surface area contributed by atoms with Crippen LogP contribution < -0.4 is 5.32 Å². The Morgan fingerprint density at radius 3 is 2.17 bits per heavy atom. The number of rotatable bonds is 7. The summed E-state index contributed by atoms with van der Waals surface area (Å²) in [5.41, 5.74) is 2.82. The van der Waals surface area contributed by atoms with Gasteiger partial charge in [0.2, 0.25) is 0 Å². The normalized spacial score (nSPS) is 23.1. The minimum Gasteiger partial charge on any atom is -0.417 e. The first-order valence-corrected chi connectivity index (χ1v) is 14.1. The summed E-state index contributed by atoms with van der Waals surface area (Å²) in [7, 11) is -1.73. The average Bonchev–Trinajstić information content (AvgIpc) is 2.71. The molecule has 1 saturated carbocycles. The van der Waals surface area contributed by atoms with E-state index in [1.165, 1.54) is 30.4 Å². The molecule has 3 heteroatoms. The first-order valence-electron chi connectivity index (χ1n) is 11.2. The molecule has 0 saturated heterocycles. The number of hydrogen-bond donors (Lipinski definition) is 1. The second-order valence-corrected chi connectivity index (χ2v) is 15.0. The third kappa shape index (κ3) is 5.81. The SMILES string of the molecule is CC(C)(C)[Si](C)(C)OC[C@@H]1CCC[C@@H](NCc2ccccc2)[C@H]1c1ccccc1. The smallest absolute Gasteiger partial charge is 0.191 e. The van der Waals surface area contributed by atoms with Gasteiger partial charge < -0.3 is 9.74 Å². The van der Waals surface area contributed by atoms with Gasteiger partial charge in [0, 0.05) is 25.1 Å². The maximum Gasteiger partial charge on any atom is 0.191 e. The zero-order valence-electron chi connectivity index (χ0n) is 18.9. The van der Waals surface area contributed by atoms with Crippen LogP contribution in [0.2, 0.25) is 18.1 Å². The molecular weight excluding hydrogens is 370 g/mol. The highest BCUT2D eigenvalue weighted by atomic mass is 28.4. The van der Waals surface area contributed by atoms with Gasteiger partial charge in [0.25, 0.3) is 0 Å². The minimum absolute atomic E-state index is 0.259. The van der Waals surface area contributed by atoms with Crippen molar-refractivity contribution in [2.75, 3.05) is 6.61 Å². The van der Waals surface area contributed by atoms with Crippen LogP contribution in [0.4, 0.5) is 0 Å². The molecule has 1 aliphatic carbocycles. The first-order chi connectivity index (χ1) is 13.8. The molecule has 2 nitrogen and oxygen atoms in total. The van der Waals surface area contributed by atoms with Crippen molar-refractivity contribution in [3.8, 4) is 0 Å². The van der Waals surface area contributed by atoms with E-state index in [1.807, 2.05) is 0 Å². The Kier molecular flexibility index (Phi) is 7.36. The Balaban J connectivity index is 1.75. The standard InChI is InChI=1S/C26H39NOSi/c1-26(2,3)29(4,5)28-20-23-17-12-18-24(25(23)22-15-10-7-11-16-22)27-19-21-13-8-6-9-14-21/h6-11,13-16,23-25,27H,12,17-20H2,1-5H3/t23-,24+,25-/m0/s1. The van der Waals surface area contributed by atoms with Gasteiger partial charge in [-0.1, -0.05) is 87.9 Å². The summed E-state index contributed by atoms with van der Waals surface area (Å²) >= 11 is 0. The van der Waals surface area contributed by atoms with E-state index in [-0.39, 0.29) is 5.04 Å². The first kappa shape index (κ1) is 22.3. The van der Waals surface area contributed by atoms with Crippen molar-refractivity contribution >= 4 is 8.32 Å². The lowest BCUT2D eigenvalue weighted by atomic mass is 9.72. The summed E-state index contributed by atoms with van der Waals surface area (Å²) in [5.74, 6) is 1.09. The van der Waals surface area contributed by atoms with E-state index in [1.54, 1.807) is 0 Å². The van der Waals surface area contributed by atoms with Crippen molar-refractivity contribution in [1.29, 1.82) is 0 Å². The molecule has 2 aromatic carbocycles. The lowest BCUT2D eigenvalue weighted by molar-refractivity contribution is 0.149. The van der Waals surface area contributed by atoms with Crippen molar-refractivity contribution in [3.63, 3.8) is 0 Å². The molecule has 0 aromatic heterocycles. The van der Waals surface area contributed by atoms with Crippen molar-refractivity contribution < 1.29 is 4.43 Å². The van der Waals surface area contributed by atoms with E-state index in [0.29, 0.717) is 17.9 Å². The van der Waals surface area contributed by atoms with Crippen molar-refractivity contribution in [1.82, 2.24) is 5.32 Å². The largest absolute Gasteiger partial charge is 0.417 e. The highest BCUT2D eigenvalue weighted by Gasteiger charge is 2.40. The Morgan fingerprint density at radius 1 is 0.931 bits per heavy atom. The number of benzene rings is 2. The molecule has 3 rings (SSSR count). The van der Waals surface area contributed by atoms with Gasteiger partial charge in [-0.25, -0.2) is 0 Å². The van der Waals surface area contributed by atoms with Gasteiger partial charge in [-0.3, -0.25) is 0 Å². The van der Waals surface area contributed by atoms with Crippen LogP contribution in [0.5, 0.6) is 0 Å². The molecule has 29 heavy (non-hydrogen) atoms. The van der Waals surface area contributed by atoms with Crippen LogP contribution >= 0.6 is 0 Å². The van der Waals surface area contributed by atoms with Gasteiger partial charge in [-0.15, -0.1) is 0 Å². The van der Waals surface area contributed by atoms with E-state index < -0.39 is 8.32 Å². The minimum atomic E-state index is -1.73. The fraction of sp³-hybridized carbons (Fsp3) is 0.538. The third-order valence-corrected chi connectivity index (χ3v) is 11.6. The third-order valence-electron chi connectivity index (χ3n) is 7.09. The van der Waals surface area contributed by atoms with E-state index in [9.17, 15) is 0 Å². The van der Waals surface area contributed by atoms with Crippen molar-refractivity contribution in [3.05, 3.63) is 71.8 Å². The molecule has 158 valence electrons. The molecule has 1 fully saturated rings. The number of hydrogen-bond acceptors (Lipinski definition) is 2. The van der Waals surface area contributed by atoms with E-state index in [4.69, 9.17) is 4.43 Å². The summed E-state index contributed by atoms with van der Waals surface area (Å²) in [6.45, 7) is 13.6. The maximum atomic E-state index is 6.71. The van der Waals surface area contributed by atoms with Crippen LogP contribution in [0.3, 0.4) is 0 Å². The molecule has 0 radical (unpaired) electrons. The molecule has 1 aliphatic rings. The molecule has 0 spiro atoms. The second-order valence-electron chi connectivity index (χ2n) is 10.2. The molecule has 0 amide bonds. The fourth-order valence-electron chi connectivity index (χ4n) is 4.26. The zero-order valence-corrected chi connectivity index (χ0v) is 19.9. The zero-order chi connectivity index (χ0) is 20.9. The highest BCUT2D eigenvalue weighted by molar-refractivity contribution is 6.74. The van der Waals surface area contributed by atoms with Crippen LogP contribution in [-0.2, 0) is 11.0 Å². The van der Waals surface area contributed by atoms with Crippen LogP contribution in [0.1, 0.15) is 57.1 Å². The summed E-state index contributed by atoms with van der Waals surface area (Å²) in [6, 6.07) is 22.4. The monoisotopic (exact) mass is 409 g/mol. The Hall–Kier alpha value is -1.42. The predicted octanol–water partition coefficient (Wildman–Crippen LogP) is 6.75. The van der Waals surface area contributed by atoms with Gasteiger partial charge in [-0.05, 0) is 48.0 Å². The molecule has 1 N–H and O–H groups in total. The Labute approximate surface area is 179 Å². The van der Waals surface area contributed by atoms with Crippen LogP contribution in [-0.4, -0.2) is 21.0 Å². The molecule has 0 bridgehead atoms. The maximum absolute atomic E-state index is 6.71. The summed E-state index contributed by atoms with van der Waals surface area (Å²) in [5, 5.41) is 4.16. The molecule has 0 aliphatic heterocycles. The lowest BCUT2D eigenvalue weighted by Crippen LogP contribution is -2.46. The topological polar surface area (TPSA) is 21.3 Å². The van der Waals surface area contributed by atoms with Crippen LogP contribution in [0.25, 0.3) is 0 Å². The molecule has 3 atom stereocenters. The molecule has 0 heterocycles. The highest BCUT2D eigenvalue weighted by Crippen LogP contribution is 2.41. The van der Waals surface area contributed by atoms with Crippen LogP contribution in [0, 0.1) is 5.92 Å². The van der Waals surface area contributed by atoms with Crippen molar-refractivity contribution in [2.24, 2.45) is 5.92 Å². The van der Waals surface area contributed by atoms with Crippen LogP contribution in [0.15, 0.2) is 60.7 Å². The van der Waals surface area contributed by atoms with Gasteiger partial charge in [0.15, 0.2) is 8.32 Å². The molecule has 2 aromatic rings. The number of nitrogens with one attached hydrogen (secondary N) is 1. The molecular formula is C26H39NOSi. The Morgan fingerprint density at radius 2 is 1.55 bits per heavy atom. The van der Waals surface area contributed by atoms with Gasteiger partial charge in [0.1, 0.15) is 0 Å². The van der Waals surface area contributed by atoms with Crippen molar-refractivity contribution in [2.45, 2.75) is 76.7 Å². The van der Waals surface area contributed by atoms with E-state index in [0.717, 1.165) is 13.2 Å². The van der Waals surface area contributed by atoms with Gasteiger partial charge >= 0.3 is 0 Å². The second kappa shape index (κ2) is 9.59. The van der Waals surface area contributed by atoms with E-state index >= 15 is 0 Å². The average molecular weight is 410 g/mol. The quantitative estimate of drug-likeness (QED) is 0.511. The summed E-state index contributed by atoms with van der Waals surface area (Å²) < 4.78 is 6.71. The Bertz CT molecular complexity index is 738. The summed E-state index contributed by atoms with van der Waals surface area (Å²) in [6.07, 6.45) is 3.78. The lowest BCUT2D eigenvalue weighted by Gasteiger charge is -2.42. The predicted molar refractivity (Wildman–Crippen MR) is 127 cm³/mol.